The van der Waals surface area contributed by atoms with Crippen molar-refractivity contribution in [2.45, 2.75) is 45.2 Å². The van der Waals surface area contributed by atoms with Gasteiger partial charge in [-0.3, -0.25) is 4.79 Å². The highest BCUT2D eigenvalue weighted by Crippen LogP contribution is 2.29. The van der Waals surface area contributed by atoms with E-state index >= 15 is 0 Å². The third kappa shape index (κ3) is 5.53. The molecule has 0 radical (unpaired) electrons. The van der Waals surface area contributed by atoms with Crippen LogP contribution in [0.4, 0.5) is 0 Å². The van der Waals surface area contributed by atoms with Crippen LogP contribution in [0.15, 0.2) is 30.3 Å². The first-order chi connectivity index (χ1) is 11.9. The van der Waals surface area contributed by atoms with Gasteiger partial charge in [0.05, 0.1) is 12.0 Å². The molecule has 25 heavy (non-hydrogen) atoms. The molecule has 1 fully saturated rings. The summed E-state index contributed by atoms with van der Waals surface area (Å²) in [6, 6.07) is 10.6. The van der Waals surface area contributed by atoms with Crippen molar-refractivity contribution in [1.29, 1.82) is 0 Å². The zero-order valence-electron chi connectivity index (χ0n) is 16.0. The molecular weight excluding hydrogens is 314 g/mol. The molecule has 5 nitrogen and oxygen atoms in total. The normalized spacial score (nSPS) is 18.6. The molecule has 1 amide bonds. The van der Waals surface area contributed by atoms with Crippen LogP contribution in [0.5, 0.6) is 0 Å². The van der Waals surface area contributed by atoms with Crippen molar-refractivity contribution in [3.8, 4) is 0 Å². The molecule has 1 atom stereocenters. The van der Waals surface area contributed by atoms with Crippen molar-refractivity contribution in [2.75, 3.05) is 33.4 Å². The lowest BCUT2D eigenvalue weighted by atomic mass is 9.78. The number of benzene rings is 1. The first kappa shape index (κ1) is 19.9. The minimum absolute atomic E-state index is 0.109. The summed E-state index contributed by atoms with van der Waals surface area (Å²) in [5.41, 5.74) is 0.642. The number of carbonyl (C=O) groups is 1. The van der Waals surface area contributed by atoms with Gasteiger partial charge in [0.25, 0.3) is 0 Å². The van der Waals surface area contributed by atoms with Gasteiger partial charge in [-0.15, -0.1) is 0 Å². The highest BCUT2D eigenvalue weighted by Gasteiger charge is 2.40. The van der Waals surface area contributed by atoms with Gasteiger partial charge in [0, 0.05) is 25.2 Å². The van der Waals surface area contributed by atoms with Crippen molar-refractivity contribution >= 4 is 5.91 Å². The summed E-state index contributed by atoms with van der Waals surface area (Å²) in [7, 11) is 1.67. The largest absolute Gasteiger partial charge is 0.384 e. The van der Waals surface area contributed by atoms with Crippen molar-refractivity contribution in [3.05, 3.63) is 35.9 Å². The van der Waals surface area contributed by atoms with E-state index in [1.54, 1.807) is 7.11 Å². The monoisotopic (exact) mass is 347 g/mol. The topological polar surface area (TPSA) is 62.4 Å². The predicted octanol–water partition coefficient (Wildman–Crippen LogP) is 2.25. The highest BCUT2D eigenvalue weighted by atomic mass is 16.5. The number of hydrogen-bond acceptors (Lipinski definition) is 4. The van der Waals surface area contributed by atoms with E-state index in [9.17, 15) is 4.79 Å². The van der Waals surface area contributed by atoms with E-state index in [0.29, 0.717) is 13.2 Å². The zero-order valence-corrected chi connectivity index (χ0v) is 16.0. The minimum Gasteiger partial charge on any atom is -0.384 e. The van der Waals surface area contributed by atoms with Crippen LogP contribution >= 0.6 is 0 Å². The third-order valence-electron chi connectivity index (χ3n) is 5.06. The molecule has 0 bridgehead atoms. The number of methoxy groups -OCH3 is 1. The number of hydrogen-bond donors (Lipinski definition) is 3. The van der Waals surface area contributed by atoms with Gasteiger partial charge < -0.3 is 20.7 Å². The molecule has 1 aliphatic rings. The van der Waals surface area contributed by atoms with E-state index in [2.05, 4.69) is 48.9 Å². The molecule has 1 aromatic rings. The van der Waals surface area contributed by atoms with Gasteiger partial charge >= 0.3 is 0 Å². The molecule has 1 unspecified atom stereocenters. The van der Waals surface area contributed by atoms with Crippen LogP contribution in [-0.4, -0.2) is 44.8 Å². The maximum Gasteiger partial charge on any atom is 0.228 e. The minimum atomic E-state index is -0.402. The van der Waals surface area contributed by atoms with Gasteiger partial charge in [0.1, 0.15) is 0 Å². The summed E-state index contributed by atoms with van der Waals surface area (Å²) < 4.78 is 5.36. The van der Waals surface area contributed by atoms with Crippen molar-refractivity contribution in [2.24, 2.45) is 5.41 Å². The fraction of sp³-hybridized carbons (Fsp3) is 0.650. The number of piperidine rings is 1. The van der Waals surface area contributed by atoms with Crippen LogP contribution in [0.3, 0.4) is 0 Å². The lowest BCUT2D eigenvalue weighted by Crippen LogP contribution is -2.55. The smallest absolute Gasteiger partial charge is 0.228 e. The maximum absolute atomic E-state index is 12.9. The summed E-state index contributed by atoms with van der Waals surface area (Å²) in [4.78, 5) is 12.9. The molecule has 3 N–H and O–H groups in total. The van der Waals surface area contributed by atoms with Gasteiger partial charge in [0.2, 0.25) is 5.91 Å². The third-order valence-corrected chi connectivity index (χ3v) is 5.06. The summed E-state index contributed by atoms with van der Waals surface area (Å²) in [5, 5.41) is 10.1. The fourth-order valence-electron chi connectivity index (χ4n) is 3.57. The Bertz CT molecular complexity index is 534. The summed E-state index contributed by atoms with van der Waals surface area (Å²) >= 11 is 0. The van der Waals surface area contributed by atoms with Crippen LogP contribution < -0.4 is 16.0 Å². The standard InChI is InChI=1S/C20H33N3O2/c1-16(17-8-6-5-7-9-17)23-19(2,3)14-22-18(24)20(15-25-4)10-12-21-13-11-20/h5-9,16,21,23H,10-15H2,1-4H3,(H,22,24). The Morgan fingerprint density at radius 2 is 1.92 bits per heavy atom. The van der Waals surface area contributed by atoms with Crippen molar-refractivity contribution < 1.29 is 9.53 Å². The number of nitrogens with one attached hydrogen (secondary N) is 3. The zero-order chi connectivity index (χ0) is 18.3. The van der Waals surface area contributed by atoms with Crippen molar-refractivity contribution in [3.63, 3.8) is 0 Å². The first-order valence-electron chi connectivity index (χ1n) is 9.19. The Morgan fingerprint density at radius 1 is 1.28 bits per heavy atom. The molecule has 2 rings (SSSR count). The molecule has 140 valence electrons. The molecule has 0 saturated carbocycles. The van der Waals surface area contributed by atoms with Gasteiger partial charge in [0.15, 0.2) is 0 Å². The van der Waals surface area contributed by atoms with Crippen LogP contribution in [0, 0.1) is 5.41 Å². The number of rotatable bonds is 8. The number of amides is 1. The van der Waals surface area contributed by atoms with E-state index in [0.717, 1.165) is 25.9 Å². The molecule has 1 heterocycles. The average Bonchev–Trinajstić information content (AvgIpc) is 2.61. The SMILES string of the molecule is COCC1(C(=O)NCC(C)(C)NC(C)c2ccccc2)CCNCC1. The van der Waals surface area contributed by atoms with Crippen LogP contribution in [0.25, 0.3) is 0 Å². The molecule has 0 aromatic heterocycles. The van der Waals surface area contributed by atoms with Crippen molar-refractivity contribution in [1.82, 2.24) is 16.0 Å². The molecule has 0 aliphatic carbocycles. The molecule has 0 spiro atoms. The lowest BCUT2D eigenvalue weighted by molar-refractivity contribution is -0.136. The Hall–Kier alpha value is -1.43. The predicted molar refractivity (Wildman–Crippen MR) is 101 cm³/mol. The number of carbonyl (C=O) groups excluding carboxylic acids is 1. The second-order valence-corrected chi connectivity index (χ2v) is 7.81. The number of ether oxygens (including phenoxy) is 1. The summed E-state index contributed by atoms with van der Waals surface area (Å²) in [6.45, 7) is 9.19. The van der Waals surface area contributed by atoms with Gasteiger partial charge in [-0.25, -0.2) is 0 Å². The van der Waals surface area contributed by atoms with Crippen LogP contribution in [-0.2, 0) is 9.53 Å². The van der Waals surface area contributed by atoms with E-state index in [1.165, 1.54) is 5.56 Å². The summed E-state index contributed by atoms with van der Waals surface area (Å²) in [5.74, 6) is 0.109. The van der Waals surface area contributed by atoms with Gasteiger partial charge in [-0.05, 0) is 52.3 Å². The Labute approximate surface area is 151 Å². The van der Waals surface area contributed by atoms with Gasteiger partial charge in [-0.1, -0.05) is 30.3 Å². The Kier molecular flexibility index (Phi) is 6.99. The quantitative estimate of drug-likeness (QED) is 0.675. The fourth-order valence-corrected chi connectivity index (χ4v) is 3.57. The lowest BCUT2D eigenvalue weighted by Gasteiger charge is -2.37. The maximum atomic E-state index is 12.9. The average molecular weight is 348 g/mol. The Morgan fingerprint density at radius 3 is 2.52 bits per heavy atom. The van der Waals surface area contributed by atoms with E-state index in [4.69, 9.17) is 4.74 Å². The highest BCUT2D eigenvalue weighted by molar-refractivity contribution is 5.83. The molecule has 5 heteroatoms. The molecule has 1 aromatic carbocycles. The van der Waals surface area contributed by atoms with E-state index in [-0.39, 0.29) is 17.5 Å². The van der Waals surface area contributed by atoms with E-state index < -0.39 is 5.41 Å². The second kappa shape index (κ2) is 8.79. The van der Waals surface area contributed by atoms with Crippen LogP contribution in [0.1, 0.15) is 45.2 Å². The van der Waals surface area contributed by atoms with E-state index in [1.807, 2.05) is 18.2 Å². The summed E-state index contributed by atoms with van der Waals surface area (Å²) in [6.07, 6.45) is 1.64. The Balaban J connectivity index is 1.92. The first-order valence-corrected chi connectivity index (χ1v) is 9.19. The molecule has 1 saturated heterocycles. The van der Waals surface area contributed by atoms with Gasteiger partial charge in [-0.2, -0.15) is 0 Å². The molecule has 1 aliphatic heterocycles. The molecular formula is C20H33N3O2. The van der Waals surface area contributed by atoms with Crippen LogP contribution in [0.2, 0.25) is 0 Å². The second-order valence-electron chi connectivity index (χ2n) is 7.81.